The van der Waals surface area contributed by atoms with E-state index in [1.54, 1.807) is 32.0 Å². The molecule has 1 atom stereocenters. The highest BCUT2D eigenvalue weighted by Crippen LogP contribution is 2.38. The Morgan fingerprint density at radius 1 is 1.27 bits per heavy atom. The molecule has 1 aliphatic rings. The average Bonchev–Trinajstić information content (AvgIpc) is 2.98. The summed E-state index contributed by atoms with van der Waals surface area (Å²) in [5.41, 5.74) is -3.40. The predicted molar refractivity (Wildman–Crippen MR) is 87.9 cm³/mol. The molecule has 0 bridgehead atoms. The van der Waals surface area contributed by atoms with Gasteiger partial charge in [-0.25, -0.2) is 4.68 Å². The van der Waals surface area contributed by atoms with E-state index in [0.717, 1.165) is 9.58 Å². The summed E-state index contributed by atoms with van der Waals surface area (Å²) < 4.78 is 40.2. The zero-order valence-corrected chi connectivity index (χ0v) is 14.2. The number of hydrogen-bond acceptors (Lipinski definition) is 4. The molecule has 2 aromatic rings. The van der Waals surface area contributed by atoms with Crippen molar-refractivity contribution in [1.29, 1.82) is 0 Å². The summed E-state index contributed by atoms with van der Waals surface area (Å²) in [5.74, 6) is -0.740. The number of halogens is 3. The number of hydrogen-bond donors (Lipinski definition) is 1. The van der Waals surface area contributed by atoms with Gasteiger partial charge in [-0.05, 0) is 19.9 Å². The first kappa shape index (κ1) is 18.4. The monoisotopic (exact) mass is 369 g/mol. The Kier molecular flexibility index (Phi) is 4.30. The second-order valence-corrected chi connectivity index (χ2v) is 6.74. The van der Waals surface area contributed by atoms with Gasteiger partial charge < -0.3 is 10.0 Å². The summed E-state index contributed by atoms with van der Waals surface area (Å²) in [7, 11) is 0. The van der Waals surface area contributed by atoms with E-state index < -0.39 is 30.7 Å². The third kappa shape index (κ3) is 2.86. The molecule has 1 saturated heterocycles. The maximum absolute atomic E-state index is 13.0. The van der Waals surface area contributed by atoms with Crippen LogP contribution in [0.3, 0.4) is 0 Å². The number of benzene rings is 1. The number of amides is 1. The summed E-state index contributed by atoms with van der Waals surface area (Å²) in [6.45, 7) is 2.34. The Hall–Kier alpha value is -2.42. The fraction of sp³-hybridized carbons (Fsp3) is 0.471. The first-order chi connectivity index (χ1) is 12.0. The van der Waals surface area contributed by atoms with Crippen LogP contribution in [0.5, 0.6) is 0 Å². The molecule has 1 fully saturated rings. The summed E-state index contributed by atoms with van der Waals surface area (Å²) in [6, 6.07) is 6.01. The van der Waals surface area contributed by atoms with Crippen molar-refractivity contribution in [3.05, 3.63) is 40.3 Å². The number of aliphatic hydroxyl groups is 1. The third-order valence-electron chi connectivity index (χ3n) is 4.58. The van der Waals surface area contributed by atoms with Gasteiger partial charge in [-0.2, -0.15) is 18.3 Å². The predicted octanol–water partition coefficient (Wildman–Crippen LogP) is 2.12. The highest BCUT2D eigenvalue weighted by Gasteiger charge is 2.58. The number of alkyl halides is 3. The van der Waals surface area contributed by atoms with Crippen molar-refractivity contribution in [2.75, 3.05) is 13.1 Å². The molecular formula is C17H18F3N3O3. The lowest BCUT2D eigenvalue weighted by molar-refractivity contribution is -0.253. The van der Waals surface area contributed by atoms with E-state index in [1.165, 1.54) is 6.07 Å². The number of likely N-dealkylation sites (tertiary alicyclic amines) is 1. The normalized spacial score (nSPS) is 21.0. The number of carbonyl (C=O) groups excluding carboxylic acids is 1. The van der Waals surface area contributed by atoms with Crippen LogP contribution in [-0.2, 0) is 0 Å². The van der Waals surface area contributed by atoms with E-state index in [1.807, 2.05) is 0 Å². The van der Waals surface area contributed by atoms with Gasteiger partial charge in [-0.3, -0.25) is 9.59 Å². The molecule has 3 rings (SSSR count). The fourth-order valence-electron chi connectivity index (χ4n) is 3.06. The van der Waals surface area contributed by atoms with E-state index in [-0.39, 0.29) is 34.6 Å². The highest BCUT2D eigenvalue weighted by atomic mass is 19.4. The van der Waals surface area contributed by atoms with Gasteiger partial charge in [-0.15, -0.1) is 0 Å². The van der Waals surface area contributed by atoms with Gasteiger partial charge in [0, 0.05) is 18.4 Å². The van der Waals surface area contributed by atoms with Gasteiger partial charge >= 0.3 is 6.18 Å². The summed E-state index contributed by atoms with van der Waals surface area (Å²) >= 11 is 0. The Morgan fingerprint density at radius 3 is 2.42 bits per heavy atom. The lowest BCUT2D eigenvalue weighted by atomic mass is 10.0. The quantitative estimate of drug-likeness (QED) is 0.880. The largest absolute Gasteiger partial charge is 0.419 e. The number of rotatable bonds is 2. The van der Waals surface area contributed by atoms with E-state index in [9.17, 15) is 27.9 Å². The van der Waals surface area contributed by atoms with Crippen molar-refractivity contribution >= 4 is 16.7 Å². The van der Waals surface area contributed by atoms with Crippen molar-refractivity contribution in [2.45, 2.75) is 38.1 Å². The highest BCUT2D eigenvalue weighted by molar-refractivity contribution is 6.04. The van der Waals surface area contributed by atoms with E-state index in [2.05, 4.69) is 5.10 Å². The lowest BCUT2D eigenvalue weighted by Crippen LogP contribution is -2.48. The minimum absolute atomic E-state index is 0.0969. The van der Waals surface area contributed by atoms with Crippen LogP contribution in [0.4, 0.5) is 13.2 Å². The van der Waals surface area contributed by atoms with Crippen molar-refractivity contribution < 1.29 is 23.1 Å². The van der Waals surface area contributed by atoms with Crippen LogP contribution in [0.2, 0.25) is 0 Å². The first-order valence-electron chi connectivity index (χ1n) is 8.15. The Labute approximate surface area is 146 Å². The molecule has 1 aromatic carbocycles. The molecular weight excluding hydrogens is 351 g/mol. The number of nitrogens with zero attached hydrogens (tertiary/aromatic N) is 3. The topological polar surface area (TPSA) is 75.4 Å². The van der Waals surface area contributed by atoms with Crippen LogP contribution in [0.15, 0.2) is 29.1 Å². The van der Waals surface area contributed by atoms with Crippen molar-refractivity contribution in [2.24, 2.45) is 0 Å². The summed E-state index contributed by atoms with van der Waals surface area (Å²) in [5, 5.41) is 14.5. The van der Waals surface area contributed by atoms with E-state index in [0.29, 0.717) is 0 Å². The third-order valence-corrected chi connectivity index (χ3v) is 4.58. The van der Waals surface area contributed by atoms with Crippen LogP contribution >= 0.6 is 0 Å². The molecule has 0 radical (unpaired) electrons. The number of carbonyl (C=O) groups is 1. The molecule has 1 aromatic heterocycles. The van der Waals surface area contributed by atoms with Gasteiger partial charge in [0.2, 0.25) is 0 Å². The standard InChI is InChI=1S/C17H18F3N3O3/c1-10(2)23-14(24)12-6-4-3-5-11(12)13(21-23)15(25)22-8-7-16(26,9-22)17(18,19)20/h3-6,10,26H,7-9H2,1-2H3/t16-/m0/s1. The molecule has 0 aliphatic carbocycles. The second-order valence-electron chi connectivity index (χ2n) is 6.74. The van der Waals surface area contributed by atoms with Gasteiger partial charge in [0.1, 0.15) is 0 Å². The van der Waals surface area contributed by atoms with Crippen LogP contribution < -0.4 is 5.56 Å². The SMILES string of the molecule is CC(C)n1nc(C(=O)N2CC[C@@](O)(C(F)(F)F)C2)c2ccccc2c1=O. The van der Waals surface area contributed by atoms with Gasteiger partial charge in [-0.1, -0.05) is 18.2 Å². The van der Waals surface area contributed by atoms with E-state index in [4.69, 9.17) is 0 Å². The summed E-state index contributed by atoms with van der Waals surface area (Å²) in [4.78, 5) is 26.2. The molecule has 6 nitrogen and oxygen atoms in total. The molecule has 2 heterocycles. The molecule has 1 amide bonds. The van der Waals surface area contributed by atoms with Crippen LogP contribution in [0.1, 0.15) is 36.8 Å². The average molecular weight is 369 g/mol. The van der Waals surface area contributed by atoms with Crippen LogP contribution in [0, 0.1) is 0 Å². The van der Waals surface area contributed by atoms with Crippen LogP contribution in [-0.4, -0.2) is 50.6 Å². The zero-order chi connectivity index (χ0) is 19.3. The van der Waals surface area contributed by atoms with Crippen molar-refractivity contribution in [1.82, 2.24) is 14.7 Å². The molecule has 0 saturated carbocycles. The smallest absolute Gasteiger partial charge is 0.379 e. The lowest BCUT2D eigenvalue weighted by Gasteiger charge is -2.26. The number of β-amino-alcohol motifs (C(OH)–C–C–N with tert-alkyl or cyclic N) is 1. The van der Waals surface area contributed by atoms with Crippen molar-refractivity contribution in [3.8, 4) is 0 Å². The van der Waals surface area contributed by atoms with Gasteiger partial charge in [0.15, 0.2) is 11.3 Å². The minimum Gasteiger partial charge on any atom is -0.379 e. The molecule has 1 N–H and O–H groups in total. The second kappa shape index (κ2) is 6.08. The minimum atomic E-state index is -4.83. The summed E-state index contributed by atoms with van der Waals surface area (Å²) in [6.07, 6.45) is -5.42. The number of aromatic nitrogens is 2. The Balaban J connectivity index is 2.07. The molecule has 0 unspecified atom stereocenters. The molecule has 140 valence electrons. The molecule has 1 aliphatic heterocycles. The first-order valence-corrected chi connectivity index (χ1v) is 8.15. The maximum Gasteiger partial charge on any atom is 0.419 e. The number of fused-ring (bicyclic) bond motifs is 1. The Morgan fingerprint density at radius 2 is 1.88 bits per heavy atom. The zero-order valence-electron chi connectivity index (χ0n) is 14.2. The molecule has 0 spiro atoms. The molecule has 9 heteroatoms. The van der Waals surface area contributed by atoms with Gasteiger partial charge in [0.25, 0.3) is 11.5 Å². The molecule has 26 heavy (non-hydrogen) atoms. The van der Waals surface area contributed by atoms with Gasteiger partial charge in [0.05, 0.1) is 18.0 Å². The Bertz CT molecular complexity index is 923. The van der Waals surface area contributed by atoms with Crippen LogP contribution in [0.25, 0.3) is 10.8 Å². The van der Waals surface area contributed by atoms with Crippen molar-refractivity contribution in [3.63, 3.8) is 0 Å². The fourth-order valence-corrected chi connectivity index (χ4v) is 3.06. The maximum atomic E-state index is 13.0. The van der Waals surface area contributed by atoms with E-state index >= 15 is 0 Å².